The highest BCUT2D eigenvalue weighted by atomic mass is 35.5. The fourth-order valence-electron chi connectivity index (χ4n) is 0.854. The SMILES string of the molecule is CC=C(O)C(=O)OOCCC[N+](C)(C)C.[Cl-]. The highest BCUT2D eigenvalue weighted by Gasteiger charge is 2.10. The van der Waals surface area contributed by atoms with Gasteiger partial charge in [0, 0.05) is 6.42 Å². The van der Waals surface area contributed by atoms with Gasteiger partial charge in [-0.05, 0) is 13.0 Å². The van der Waals surface area contributed by atoms with E-state index in [4.69, 9.17) is 5.11 Å². The third-order valence-corrected chi connectivity index (χ3v) is 1.67. The lowest BCUT2D eigenvalue weighted by atomic mass is 10.4. The summed E-state index contributed by atoms with van der Waals surface area (Å²) in [5.41, 5.74) is 0. The van der Waals surface area contributed by atoms with Crippen LogP contribution in [0.1, 0.15) is 13.3 Å². The van der Waals surface area contributed by atoms with Crippen LogP contribution in [0.25, 0.3) is 0 Å². The van der Waals surface area contributed by atoms with Gasteiger partial charge in [-0.1, -0.05) is 0 Å². The van der Waals surface area contributed by atoms with Crippen LogP contribution in [0, 0.1) is 0 Å². The Bertz CT molecular complexity index is 235. The van der Waals surface area contributed by atoms with E-state index in [2.05, 4.69) is 30.9 Å². The molecule has 0 spiro atoms. The number of allylic oxidation sites excluding steroid dienone is 1. The Hall–Kier alpha value is -0.780. The number of aliphatic hydroxyl groups excluding tert-OH is 1. The predicted molar refractivity (Wildman–Crippen MR) is 55.9 cm³/mol. The molecule has 5 nitrogen and oxygen atoms in total. The van der Waals surface area contributed by atoms with Gasteiger partial charge in [-0.3, -0.25) is 4.89 Å². The van der Waals surface area contributed by atoms with E-state index in [0.717, 1.165) is 17.4 Å². The third-order valence-electron chi connectivity index (χ3n) is 1.67. The fraction of sp³-hybridized carbons (Fsp3) is 0.700. The maximum atomic E-state index is 10.9. The number of rotatable bonds is 6. The van der Waals surface area contributed by atoms with E-state index in [9.17, 15) is 4.79 Å². The Labute approximate surface area is 103 Å². The van der Waals surface area contributed by atoms with Gasteiger partial charge in [0.1, 0.15) is 0 Å². The summed E-state index contributed by atoms with van der Waals surface area (Å²) in [5.74, 6) is -1.30. The second-order valence-corrected chi connectivity index (χ2v) is 4.23. The van der Waals surface area contributed by atoms with Crippen molar-refractivity contribution in [2.75, 3.05) is 34.3 Å². The number of quaternary nitrogens is 1. The predicted octanol–water partition coefficient (Wildman–Crippen LogP) is -1.98. The minimum atomic E-state index is -0.859. The monoisotopic (exact) mass is 253 g/mol. The number of halogens is 1. The first-order chi connectivity index (χ1) is 6.87. The molecular weight excluding hydrogens is 234 g/mol. The van der Waals surface area contributed by atoms with Crippen LogP contribution in [0.5, 0.6) is 0 Å². The summed E-state index contributed by atoms with van der Waals surface area (Å²) in [7, 11) is 6.20. The van der Waals surface area contributed by atoms with Crippen molar-refractivity contribution in [3.63, 3.8) is 0 Å². The Kier molecular flexibility index (Phi) is 9.22. The van der Waals surface area contributed by atoms with Crippen molar-refractivity contribution < 1.29 is 36.6 Å². The van der Waals surface area contributed by atoms with Gasteiger partial charge in [-0.15, -0.1) is 0 Å². The number of aliphatic hydroxyl groups is 1. The van der Waals surface area contributed by atoms with Crippen molar-refractivity contribution in [3.05, 3.63) is 11.8 Å². The Morgan fingerprint density at radius 3 is 2.38 bits per heavy atom. The molecule has 0 aliphatic rings. The summed E-state index contributed by atoms with van der Waals surface area (Å²) in [4.78, 5) is 19.9. The van der Waals surface area contributed by atoms with Crippen LogP contribution in [0.15, 0.2) is 11.8 Å². The molecule has 0 saturated carbocycles. The van der Waals surface area contributed by atoms with Crippen LogP contribution < -0.4 is 12.4 Å². The van der Waals surface area contributed by atoms with Crippen molar-refractivity contribution in [2.24, 2.45) is 0 Å². The van der Waals surface area contributed by atoms with Crippen LogP contribution >= 0.6 is 0 Å². The molecule has 0 aromatic rings. The van der Waals surface area contributed by atoms with Crippen LogP contribution in [0.2, 0.25) is 0 Å². The highest BCUT2D eigenvalue weighted by molar-refractivity contribution is 5.84. The lowest BCUT2D eigenvalue weighted by Crippen LogP contribution is -3.00. The quantitative estimate of drug-likeness (QED) is 0.149. The number of carbonyl (C=O) groups excluding carboxylic acids is 1. The van der Waals surface area contributed by atoms with Crippen LogP contribution in [-0.4, -0.2) is 49.9 Å². The van der Waals surface area contributed by atoms with Gasteiger partial charge in [0.05, 0.1) is 34.3 Å². The van der Waals surface area contributed by atoms with E-state index < -0.39 is 11.7 Å². The molecule has 0 aromatic heterocycles. The van der Waals surface area contributed by atoms with Crippen molar-refractivity contribution >= 4 is 5.97 Å². The highest BCUT2D eigenvalue weighted by Crippen LogP contribution is 1.97. The van der Waals surface area contributed by atoms with Gasteiger partial charge in [-0.25, -0.2) is 4.79 Å². The minimum absolute atomic E-state index is 0. The van der Waals surface area contributed by atoms with E-state index in [1.54, 1.807) is 0 Å². The molecule has 0 bridgehead atoms. The average Bonchev–Trinajstić information content (AvgIpc) is 2.14. The molecule has 0 fully saturated rings. The van der Waals surface area contributed by atoms with Gasteiger partial charge in [0.15, 0.2) is 0 Å². The molecule has 1 N–H and O–H groups in total. The van der Waals surface area contributed by atoms with E-state index in [0.29, 0.717) is 6.61 Å². The first-order valence-electron chi connectivity index (χ1n) is 4.86. The maximum Gasteiger partial charge on any atom is 0.406 e. The third kappa shape index (κ3) is 9.76. The van der Waals surface area contributed by atoms with Crippen molar-refractivity contribution in [1.82, 2.24) is 0 Å². The summed E-state index contributed by atoms with van der Waals surface area (Å²) >= 11 is 0. The van der Waals surface area contributed by atoms with Crippen LogP contribution in [0.4, 0.5) is 0 Å². The summed E-state index contributed by atoms with van der Waals surface area (Å²) in [6.45, 7) is 2.79. The molecule has 0 rings (SSSR count). The van der Waals surface area contributed by atoms with E-state index in [1.807, 2.05) is 0 Å². The summed E-state index contributed by atoms with van der Waals surface area (Å²) in [5, 5.41) is 8.92. The fourth-order valence-corrected chi connectivity index (χ4v) is 0.854. The molecule has 0 radical (unpaired) electrons. The molecule has 0 saturated heterocycles. The molecule has 0 atom stereocenters. The Morgan fingerprint density at radius 1 is 1.38 bits per heavy atom. The normalized spacial score (nSPS) is 11.9. The van der Waals surface area contributed by atoms with Crippen molar-refractivity contribution in [1.29, 1.82) is 0 Å². The first kappa shape index (κ1) is 17.6. The molecule has 0 aliphatic heterocycles. The molecule has 0 aromatic carbocycles. The molecule has 0 unspecified atom stereocenters. The maximum absolute atomic E-state index is 10.9. The largest absolute Gasteiger partial charge is 1.00 e. The van der Waals surface area contributed by atoms with E-state index >= 15 is 0 Å². The van der Waals surface area contributed by atoms with Crippen LogP contribution in [-0.2, 0) is 14.6 Å². The Balaban J connectivity index is 0. The second kappa shape index (κ2) is 8.38. The minimum Gasteiger partial charge on any atom is -1.00 e. The number of hydrogen-bond donors (Lipinski definition) is 1. The zero-order valence-corrected chi connectivity index (χ0v) is 11.0. The summed E-state index contributed by atoms with van der Waals surface area (Å²) < 4.78 is 0.831. The van der Waals surface area contributed by atoms with Gasteiger partial charge < -0.3 is 22.0 Å². The smallest absolute Gasteiger partial charge is 0.406 e. The molecule has 0 amide bonds. The first-order valence-corrected chi connectivity index (χ1v) is 4.86. The standard InChI is InChI=1S/C10H19NO4.ClH/c1-5-9(12)10(13)15-14-8-6-7-11(2,3)4;/h5H,6-8H2,1-4H3;1H. The lowest BCUT2D eigenvalue weighted by Gasteiger charge is -2.23. The molecule has 0 heterocycles. The number of carbonyl (C=O) groups is 1. The Morgan fingerprint density at radius 2 is 1.94 bits per heavy atom. The van der Waals surface area contributed by atoms with Crippen molar-refractivity contribution in [2.45, 2.75) is 13.3 Å². The van der Waals surface area contributed by atoms with E-state index in [-0.39, 0.29) is 12.4 Å². The zero-order valence-electron chi connectivity index (χ0n) is 10.2. The molecular formula is C10H20ClNO4. The lowest BCUT2D eigenvalue weighted by molar-refractivity contribution is -0.870. The average molecular weight is 254 g/mol. The van der Waals surface area contributed by atoms with Crippen molar-refractivity contribution in [3.8, 4) is 0 Å². The molecule has 96 valence electrons. The summed E-state index contributed by atoms with van der Waals surface area (Å²) in [6.07, 6.45) is 2.03. The van der Waals surface area contributed by atoms with Gasteiger partial charge >= 0.3 is 5.97 Å². The van der Waals surface area contributed by atoms with Crippen LogP contribution in [0.3, 0.4) is 0 Å². The molecule has 6 heteroatoms. The molecule has 0 aliphatic carbocycles. The number of hydrogen-bond acceptors (Lipinski definition) is 4. The summed E-state index contributed by atoms with van der Waals surface area (Å²) in [6, 6.07) is 0. The van der Waals surface area contributed by atoms with Gasteiger partial charge in [0.25, 0.3) is 0 Å². The second-order valence-electron chi connectivity index (χ2n) is 4.23. The van der Waals surface area contributed by atoms with Gasteiger partial charge in [0.2, 0.25) is 5.76 Å². The topological polar surface area (TPSA) is 55.8 Å². The zero-order chi connectivity index (χ0) is 11.9. The van der Waals surface area contributed by atoms with E-state index in [1.165, 1.54) is 13.0 Å². The molecule has 16 heavy (non-hydrogen) atoms. The van der Waals surface area contributed by atoms with Gasteiger partial charge in [-0.2, -0.15) is 4.89 Å². The number of nitrogens with zero attached hydrogens (tertiary/aromatic N) is 1.